The molecule has 1 saturated heterocycles. The molecule has 0 bridgehead atoms. The lowest BCUT2D eigenvalue weighted by Gasteiger charge is -2.18. The Bertz CT molecular complexity index is 468. The molecular formula is C13H17ClF2N2O. The highest BCUT2D eigenvalue weighted by Crippen LogP contribution is 2.21. The molecule has 1 aromatic carbocycles. The minimum Gasteiger partial charge on any atom is -0.338 e. The fraction of sp³-hybridized carbons (Fsp3) is 0.462. The van der Waals surface area contributed by atoms with Crippen LogP contribution >= 0.6 is 12.4 Å². The zero-order valence-corrected chi connectivity index (χ0v) is 11.4. The van der Waals surface area contributed by atoms with Crippen LogP contribution in [0.15, 0.2) is 18.2 Å². The fourth-order valence-electron chi connectivity index (χ4n) is 2.21. The molecule has 1 amide bonds. The van der Waals surface area contributed by atoms with Crippen molar-refractivity contribution in [1.29, 1.82) is 0 Å². The Morgan fingerprint density at radius 2 is 2.11 bits per heavy atom. The van der Waals surface area contributed by atoms with Crippen LogP contribution in [0.25, 0.3) is 0 Å². The molecule has 106 valence electrons. The van der Waals surface area contributed by atoms with Crippen LogP contribution in [-0.4, -0.2) is 29.9 Å². The standard InChI is InChI=1S/C13H16F2N2O.ClH/c1-8(16)10-4-5-17(7-10)13(18)9-2-3-11(14)12(15)6-9;/h2-3,6,8,10H,4-5,7,16H2,1H3;1H. The first-order chi connectivity index (χ1) is 8.49. The van der Waals surface area contributed by atoms with Crippen molar-refractivity contribution in [1.82, 2.24) is 4.90 Å². The van der Waals surface area contributed by atoms with Gasteiger partial charge in [0.25, 0.3) is 5.91 Å². The molecule has 0 spiro atoms. The Morgan fingerprint density at radius 1 is 1.42 bits per heavy atom. The molecule has 0 aliphatic carbocycles. The number of nitrogens with two attached hydrogens (primary N) is 1. The van der Waals surface area contributed by atoms with Gasteiger partial charge in [0.05, 0.1) is 0 Å². The molecule has 0 saturated carbocycles. The van der Waals surface area contributed by atoms with Crippen molar-refractivity contribution in [2.24, 2.45) is 11.7 Å². The Kier molecular flexibility index (Phi) is 5.26. The number of halogens is 3. The van der Waals surface area contributed by atoms with Crippen molar-refractivity contribution in [3.05, 3.63) is 35.4 Å². The molecule has 0 aromatic heterocycles. The van der Waals surface area contributed by atoms with Crippen LogP contribution in [0.3, 0.4) is 0 Å². The van der Waals surface area contributed by atoms with Crippen molar-refractivity contribution in [3.8, 4) is 0 Å². The highest BCUT2D eigenvalue weighted by atomic mass is 35.5. The number of benzene rings is 1. The van der Waals surface area contributed by atoms with E-state index in [9.17, 15) is 13.6 Å². The molecule has 0 radical (unpaired) electrons. The van der Waals surface area contributed by atoms with Gasteiger partial charge in [-0.15, -0.1) is 12.4 Å². The van der Waals surface area contributed by atoms with E-state index < -0.39 is 11.6 Å². The SMILES string of the molecule is CC(N)C1CCN(C(=O)c2ccc(F)c(F)c2)C1.Cl. The molecule has 3 nitrogen and oxygen atoms in total. The maximum Gasteiger partial charge on any atom is 0.253 e. The summed E-state index contributed by atoms with van der Waals surface area (Å²) in [6.07, 6.45) is 0.854. The van der Waals surface area contributed by atoms with E-state index in [1.54, 1.807) is 4.90 Å². The van der Waals surface area contributed by atoms with Crippen LogP contribution < -0.4 is 5.73 Å². The number of carbonyl (C=O) groups excluding carboxylic acids is 1. The summed E-state index contributed by atoms with van der Waals surface area (Å²) in [4.78, 5) is 13.7. The highest BCUT2D eigenvalue weighted by molar-refractivity contribution is 5.94. The molecule has 1 aliphatic rings. The van der Waals surface area contributed by atoms with Gasteiger partial charge in [-0.1, -0.05) is 0 Å². The predicted molar refractivity (Wildman–Crippen MR) is 71.3 cm³/mol. The summed E-state index contributed by atoms with van der Waals surface area (Å²) in [5, 5.41) is 0. The molecule has 1 fully saturated rings. The Hall–Kier alpha value is -1.20. The van der Waals surface area contributed by atoms with Gasteiger partial charge >= 0.3 is 0 Å². The summed E-state index contributed by atoms with van der Waals surface area (Å²) in [6.45, 7) is 3.11. The number of hydrogen-bond acceptors (Lipinski definition) is 2. The third kappa shape index (κ3) is 3.42. The second-order valence-electron chi connectivity index (χ2n) is 4.79. The maximum absolute atomic E-state index is 13.1. The Balaban J connectivity index is 0.00000180. The van der Waals surface area contributed by atoms with E-state index in [2.05, 4.69) is 0 Å². The van der Waals surface area contributed by atoms with Crippen LogP contribution in [0.2, 0.25) is 0 Å². The van der Waals surface area contributed by atoms with Crippen molar-refractivity contribution in [3.63, 3.8) is 0 Å². The smallest absolute Gasteiger partial charge is 0.253 e. The van der Waals surface area contributed by atoms with E-state index in [-0.39, 0.29) is 35.8 Å². The summed E-state index contributed by atoms with van der Waals surface area (Å²) in [7, 11) is 0. The largest absolute Gasteiger partial charge is 0.338 e. The van der Waals surface area contributed by atoms with Gasteiger partial charge in [0.15, 0.2) is 11.6 Å². The number of likely N-dealkylation sites (tertiary alicyclic amines) is 1. The zero-order valence-electron chi connectivity index (χ0n) is 10.6. The molecule has 2 atom stereocenters. The second kappa shape index (κ2) is 6.30. The van der Waals surface area contributed by atoms with Crippen molar-refractivity contribution < 1.29 is 13.6 Å². The lowest BCUT2D eigenvalue weighted by atomic mass is 10.0. The van der Waals surface area contributed by atoms with Gasteiger partial charge in [-0.25, -0.2) is 8.78 Å². The van der Waals surface area contributed by atoms with Gasteiger partial charge in [0.1, 0.15) is 0 Å². The van der Waals surface area contributed by atoms with Crippen molar-refractivity contribution >= 4 is 18.3 Å². The fourth-order valence-corrected chi connectivity index (χ4v) is 2.21. The van der Waals surface area contributed by atoms with Crippen LogP contribution in [-0.2, 0) is 0 Å². The number of rotatable bonds is 2. The monoisotopic (exact) mass is 290 g/mol. The van der Waals surface area contributed by atoms with Gasteiger partial charge in [-0.05, 0) is 37.5 Å². The average molecular weight is 291 g/mol. The first-order valence-corrected chi connectivity index (χ1v) is 5.99. The third-order valence-corrected chi connectivity index (χ3v) is 3.42. The highest BCUT2D eigenvalue weighted by Gasteiger charge is 2.29. The van der Waals surface area contributed by atoms with E-state index in [4.69, 9.17) is 5.73 Å². The van der Waals surface area contributed by atoms with Crippen LogP contribution in [0, 0.1) is 17.6 Å². The molecule has 2 N–H and O–H groups in total. The van der Waals surface area contributed by atoms with Gasteiger partial charge < -0.3 is 10.6 Å². The minimum absolute atomic E-state index is 0. The van der Waals surface area contributed by atoms with Crippen LogP contribution in [0.5, 0.6) is 0 Å². The molecule has 19 heavy (non-hydrogen) atoms. The minimum atomic E-state index is -0.996. The molecule has 1 aliphatic heterocycles. The predicted octanol–water partition coefficient (Wildman–Crippen LogP) is 2.20. The molecule has 1 heterocycles. The average Bonchev–Trinajstić information content (AvgIpc) is 2.81. The number of amides is 1. The molecule has 2 rings (SSSR count). The van der Waals surface area contributed by atoms with Gasteiger partial charge in [0, 0.05) is 24.7 Å². The summed E-state index contributed by atoms with van der Waals surface area (Å²) in [5.41, 5.74) is 5.98. The maximum atomic E-state index is 13.1. The lowest BCUT2D eigenvalue weighted by molar-refractivity contribution is 0.0785. The van der Waals surface area contributed by atoms with Crippen LogP contribution in [0.1, 0.15) is 23.7 Å². The van der Waals surface area contributed by atoms with Gasteiger partial charge in [-0.3, -0.25) is 4.79 Å². The quantitative estimate of drug-likeness (QED) is 0.907. The van der Waals surface area contributed by atoms with Crippen LogP contribution in [0.4, 0.5) is 8.78 Å². The first kappa shape index (κ1) is 15.9. The molecule has 6 heteroatoms. The molecule has 2 unspecified atom stereocenters. The Morgan fingerprint density at radius 3 is 2.63 bits per heavy atom. The molecular weight excluding hydrogens is 274 g/mol. The van der Waals surface area contributed by atoms with E-state index in [0.29, 0.717) is 13.1 Å². The zero-order chi connectivity index (χ0) is 13.3. The lowest BCUT2D eigenvalue weighted by Crippen LogP contribution is -2.33. The Labute approximate surface area is 117 Å². The van der Waals surface area contributed by atoms with Gasteiger partial charge in [-0.2, -0.15) is 0 Å². The number of nitrogens with zero attached hydrogens (tertiary/aromatic N) is 1. The van der Waals surface area contributed by atoms with Gasteiger partial charge in [0.2, 0.25) is 0 Å². The van der Waals surface area contributed by atoms with E-state index in [1.807, 2.05) is 6.92 Å². The van der Waals surface area contributed by atoms with E-state index in [0.717, 1.165) is 18.6 Å². The number of carbonyl (C=O) groups is 1. The van der Waals surface area contributed by atoms with Crippen molar-refractivity contribution in [2.45, 2.75) is 19.4 Å². The third-order valence-electron chi connectivity index (χ3n) is 3.42. The summed E-state index contributed by atoms with van der Waals surface area (Å²) >= 11 is 0. The topological polar surface area (TPSA) is 46.3 Å². The van der Waals surface area contributed by atoms with E-state index >= 15 is 0 Å². The first-order valence-electron chi connectivity index (χ1n) is 5.99. The summed E-state index contributed by atoms with van der Waals surface area (Å²) in [6, 6.07) is 3.26. The second-order valence-corrected chi connectivity index (χ2v) is 4.79. The number of hydrogen-bond donors (Lipinski definition) is 1. The summed E-state index contributed by atoms with van der Waals surface area (Å²) in [5.74, 6) is -1.93. The van der Waals surface area contributed by atoms with E-state index in [1.165, 1.54) is 6.07 Å². The van der Waals surface area contributed by atoms with Crippen molar-refractivity contribution in [2.75, 3.05) is 13.1 Å². The summed E-state index contributed by atoms with van der Waals surface area (Å²) < 4.78 is 25.9. The molecule has 1 aromatic rings. The normalized spacial score (nSPS) is 20.0.